The van der Waals surface area contributed by atoms with Gasteiger partial charge in [-0.15, -0.1) is 0 Å². The van der Waals surface area contributed by atoms with Gasteiger partial charge in [0.2, 0.25) is 0 Å². The minimum atomic E-state index is 0.564. The second-order valence-corrected chi connectivity index (χ2v) is 9.56. The number of piperidine rings is 1. The molecule has 4 rings (SSSR count). The van der Waals surface area contributed by atoms with Crippen molar-refractivity contribution in [3.05, 3.63) is 51.9 Å². The first kappa shape index (κ1) is 20.5. The molecule has 6 nitrogen and oxygen atoms in total. The molecule has 154 valence electrons. The van der Waals surface area contributed by atoms with Crippen molar-refractivity contribution in [3.8, 4) is 5.75 Å². The van der Waals surface area contributed by atoms with E-state index in [0.717, 1.165) is 77.9 Å². The fraction of sp³-hybridized carbons (Fsp3) is 0.429. The fourth-order valence-electron chi connectivity index (χ4n) is 3.81. The summed E-state index contributed by atoms with van der Waals surface area (Å²) in [4.78, 5) is 9.29. The molecular formula is C21H26BrN5OS. The lowest BCUT2D eigenvalue weighted by atomic mass is 10.0. The zero-order chi connectivity index (χ0) is 20.2. The van der Waals surface area contributed by atoms with Crippen LogP contribution in [0.25, 0.3) is 6.08 Å². The topological polar surface area (TPSA) is 53.5 Å². The first-order valence-corrected chi connectivity index (χ1v) is 11.4. The lowest BCUT2D eigenvalue weighted by Crippen LogP contribution is -2.44. The molecule has 29 heavy (non-hydrogen) atoms. The Morgan fingerprint density at radius 2 is 2.10 bits per heavy atom. The van der Waals surface area contributed by atoms with Crippen LogP contribution in [0.2, 0.25) is 0 Å². The van der Waals surface area contributed by atoms with Crippen molar-refractivity contribution in [2.75, 3.05) is 38.2 Å². The lowest BCUT2D eigenvalue weighted by Gasteiger charge is -2.35. The summed E-state index contributed by atoms with van der Waals surface area (Å²) in [5.41, 5.74) is 4.15. The van der Waals surface area contributed by atoms with Gasteiger partial charge in [-0.3, -0.25) is 4.98 Å². The minimum absolute atomic E-state index is 0.564. The van der Waals surface area contributed by atoms with E-state index in [-0.39, 0.29) is 0 Å². The number of fused-ring (bicyclic) bond motifs is 1. The average Bonchev–Trinajstić information content (AvgIpc) is 3.17. The molecule has 2 aliphatic rings. The Bertz CT molecular complexity index is 891. The summed E-state index contributed by atoms with van der Waals surface area (Å²) >= 11 is 4.97. The molecule has 0 saturated carbocycles. The van der Waals surface area contributed by atoms with Gasteiger partial charge in [-0.25, -0.2) is 0 Å². The molecule has 2 aliphatic heterocycles. The van der Waals surface area contributed by atoms with Crippen molar-refractivity contribution < 1.29 is 4.74 Å². The van der Waals surface area contributed by atoms with E-state index in [0.29, 0.717) is 6.04 Å². The van der Waals surface area contributed by atoms with Gasteiger partial charge in [0.05, 0.1) is 34.2 Å². The third kappa shape index (κ3) is 5.06. The molecule has 4 heterocycles. The Morgan fingerprint density at radius 3 is 2.83 bits per heavy atom. The quantitative estimate of drug-likeness (QED) is 0.654. The van der Waals surface area contributed by atoms with Crippen LogP contribution in [-0.2, 0) is 6.54 Å². The predicted octanol–water partition coefficient (Wildman–Crippen LogP) is 3.91. The molecule has 0 bridgehead atoms. The van der Waals surface area contributed by atoms with Crippen molar-refractivity contribution in [2.45, 2.75) is 25.4 Å². The summed E-state index contributed by atoms with van der Waals surface area (Å²) in [7, 11) is 1.67. The number of pyridine rings is 1. The maximum Gasteiger partial charge on any atom is 0.139 e. The van der Waals surface area contributed by atoms with Crippen molar-refractivity contribution >= 4 is 39.2 Å². The van der Waals surface area contributed by atoms with Gasteiger partial charge in [-0.2, -0.15) is 4.37 Å². The first-order chi connectivity index (χ1) is 14.1. The second-order valence-electron chi connectivity index (χ2n) is 7.37. The number of allylic oxidation sites excluding steroid dienone is 1. The standard InChI is InChI=1S/C21H26BrN5OS/c1-15-3-4-19-20(12-18(28-2)14-24-19)27(15)10-9-26-7-5-16(6-8-26)23-13-17-11-21(22)29-25-17/h3-4,11-12,14,16,23H,1,5-10,13H2,2H3. The van der Waals surface area contributed by atoms with E-state index in [4.69, 9.17) is 4.74 Å². The van der Waals surface area contributed by atoms with Gasteiger partial charge in [-0.05, 0) is 71.6 Å². The van der Waals surface area contributed by atoms with Gasteiger partial charge >= 0.3 is 0 Å². The summed E-state index contributed by atoms with van der Waals surface area (Å²) in [6.07, 6.45) is 8.15. The van der Waals surface area contributed by atoms with Crippen LogP contribution in [-0.4, -0.2) is 53.6 Å². The van der Waals surface area contributed by atoms with Gasteiger partial charge < -0.3 is 19.9 Å². The zero-order valence-electron chi connectivity index (χ0n) is 16.6. The van der Waals surface area contributed by atoms with Crippen molar-refractivity contribution in [1.82, 2.24) is 19.6 Å². The molecule has 0 aromatic carbocycles. The number of nitrogens with one attached hydrogen (secondary N) is 1. The maximum atomic E-state index is 5.36. The molecule has 0 spiro atoms. The van der Waals surface area contributed by atoms with Gasteiger partial charge in [0, 0.05) is 37.4 Å². The summed E-state index contributed by atoms with van der Waals surface area (Å²) < 4.78 is 10.9. The van der Waals surface area contributed by atoms with Gasteiger partial charge in [0.15, 0.2) is 0 Å². The van der Waals surface area contributed by atoms with Crippen molar-refractivity contribution in [1.29, 1.82) is 0 Å². The molecule has 1 N–H and O–H groups in total. The Hall–Kier alpha value is -1.74. The molecule has 2 aromatic rings. The van der Waals surface area contributed by atoms with E-state index in [9.17, 15) is 0 Å². The highest BCUT2D eigenvalue weighted by Crippen LogP contribution is 2.31. The Kier molecular flexibility index (Phi) is 6.64. The molecule has 1 fully saturated rings. The third-order valence-corrected chi connectivity index (χ3v) is 6.79. The molecule has 0 aliphatic carbocycles. The fourth-order valence-corrected chi connectivity index (χ4v) is 4.80. The van der Waals surface area contributed by atoms with E-state index in [2.05, 4.69) is 53.0 Å². The summed E-state index contributed by atoms with van der Waals surface area (Å²) in [5.74, 6) is 0.774. The number of nitrogens with zero attached hydrogens (tertiary/aromatic N) is 4. The molecule has 1 saturated heterocycles. The van der Waals surface area contributed by atoms with Crippen LogP contribution in [0.1, 0.15) is 24.2 Å². The highest BCUT2D eigenvalue weighted by atomic mass is 79.9. The summed E-state index contributed by atoms with van der Waals surface area (Å²) in [5, 5.41) is 3.65. The highest BCUT2D eigenvalue weighted by Gasteiger charge is 2.22. The molecule has 2 aromatic heterocycles. The van der Waals surface area contributed by atoms with Crippen LogP contribution < -0.4 is 15.0 Å². The zero-order valence-corrected chi connectivity index (χ0v) is 19.0. The number of hydrogen-bond donors (Lipinski definition) is 1. The second kappa shape index (κ2) is 9.38. The number of likely N-dealkylation sites (tertiary alicyclic amines) is 1. The SMILES string of the molecule is C=C1C=Cc2ncc(OC)cc2N1CCN1CCC(NCc2cc(Br)sn2)CC1. The average molecular weight is 476 g/mol. The van der Waals surface area contributed by atoms with Crippen molar-refractivity contribution in [3.63, 3.8) is 0 Å². The third-order valence-electron chi connectivity index (χ3n) is 5.51. The predicted molar refractivity (Wildman–Crippen MR) is 122 cm³/mol. The highest BCUT2D eigenvalue weighted by molar-refractivity contribution is 9.11. The molecule has 0 atom stereocenters. The van der Waals surface area contributed by atoms with E-state index in [1.54, 1.807) is 13.3 Å². The molecule has 0 amide bonds. The number of methoxy groups -OCH3 is 1. The molecule has 0 radical (unpaired) electrons. The van der Waals surface area contributed by atoms with Crippen molar-refractivity contribution in [2.24, 2.45) is 0 Å². The largest absolute Gasteiger partial charge is 0.495 e. The smallest absolute Gasteiger partial charge is 0.139 e. The monoisotopic (exact) mass is 475 g/mol. The van der Waals surface area contributed by atoms with Gasteiger partial charge in [0.25, 0.3) is 0 Å². The van der Waals surface area contributed by atoms with Crippen LogP contribution in [0.5, 0.6) is 5.75 Å². The van der Waals surface area contributed by atoms with E-state index < -0.39 is 0 Å². The van der Waals surface area contributed by atoms with Crippen LogP contribution in [0.4, 0.5) is 5.69 Å². The van der Waals surface area contributed by atoms with E-state index in [1.807, 2.05) is 18.2 Å². The number of ether oxygens (including phenoxy) is 1. The number of anilines is 1. The summed E-state index contributed by atoms with van der Waals surface area (Å²) in [6, 6.07) is 4.70. The number of aromatic nitrogens is 2. The number of rotatable bonds is 7. The number of hydrogen-bond acceptors (Lipinski definition) is 7. The molecular weight excluding hydrogens is 450 g/mol. The first-order valence-electron chi connectivity index (χ1n) is 9.88. The van der Waals surface area contributed by atoms with E-state index in [1.165, 1.54) is 11.5 Å². The Labute approximate surface area is 184 Å². The van der Waals surface area contributed by atoms with Gasteiger partial charge in [0.1, 0.15) is 5.75 Å². The van der Waals surface area contributed by atoms with E-state index >= 15 is 0 Å². The molecule has 0 unspecified atom stereocenters. The van der Waals surface area contributed by atoms with Crippen LogP contribution in [0.3, 0.4) is 0 Å². The van der Waals surface area contributed by atoms with Gasteiger partial charge in [-0.1, -0.05) is 6.58 Å². The summed E-state index contributed by atoms with van der Waals surface area (Å²) in [6.45, 7) is 9.19. The lowest BCUT2D eigenvalue weighted by molar-refractivity contribution is 0.201. The Balaban J connectivity index is 1.27. The van der Waals surface area contributed by atoms with Crippen LogP contribution in [0.15, 0.2) is 40.5 Å². The Morgan fingerprint density at radius 1 is 1.28 bits per heavy atom. The normalized spacial score (nSPS) is 17.6. The maximum absolute atomic E-state index is 5.36. The van der Waals surface area contributed by atoms with Crippen LogP contribution >= 0.6 is 27.5 Å². The number of halogens is 1. The molecule has 8 heteroatoms. The van der Waals surface area contributed by atoms with Crippen LogP contribution in [0, 0.1) is 0 Å². The minimum Gasteiger partial charge on any atom is -0.495 e.